The zero-order chi connectivity index (χ0) is 23.0. The van der Waals surface area contributed by atoms with Crippen LogP contribution >= 0.6 is 27.7 Å². The van der Waals surface area contributed by atoms with E-state index in [0.717, 1.165) is 26.9 Å². The van der Waals surface area contributed by atoms with Gasteiger partial charge in [-0.3, -0.25) is 14.9 Å². The fourth-order valence-electron chi connectivity index (χ4n) is 3.28. The van der Waals surface area contributed by atoms with E-state index in [1.165, 1.54) is 23.9 Å². The van der Waals surface area contributed by atoms with Gasteiger partial charge in [0.1, 0.15) is 11.5 Å². The highest BCUT2D eigenvalue weighted by Gasteiger charge is 2.24. The van der Waals surface area contributed by atoms with E-state index in [1.54, 1.807) is 24.3 Å². The fourth-order valence-corrected chi connectivity index (χ4v) is 4.33. The molecule has 1 amide bonds. The average Bonchev–Trinajstić information content (AvgIpc) is 3.33. The van der Waals surface area contributed by atoms with Crippen molar-refractivity contribution in [2.24, 2.45) is 4.99 Å². The van der Waals surface area contributed by atoms with Gasteiger partial charge >= 0.3 is 0 Å². The quantitative estimate of drug-likeness (QED) is 0.247. The Bertz CT molecular complexity index is 1300. The van der Waals surface area contributed by atoms with Crippen LogP contribution in [0, 0.1) is 30.9 Å². The Morgan fingerprint density at radius 3 is 2.50 bits per heavy atom. The third-order valence-corrected chi connectivity index (χ3v) is 7.06. The van der Waals surface area contributed by atoms with Gasteiger partial charge in [0.15, 0.2) is 5.17 Å². The lowest BCUT2D eigenvalue weighted by atomic mass is 10.1. The molecule has 0 atom stereocenters. The van der Waals surface area contributed by atoms with Gasteiger partial charge < -0.3 is 9.73 Å². The topological polar surface area (TPSA) is 97.7 Å². The first kappa shape index (κ1) is 22.0. The summed E-state index contributed by atoms with van der Waals surface area (Å²) in [5, 5.41) is 14.3. The number of hydrogen-bond donors (Lipinski definition) is 1. The van der Waals surface area contributed by atoms with E-state index < -0.39 is 4.92 Å². The predicted octanol–water partition coefficient (Wildman–Crippen LogP) is 6.43. The summed E-state index contributed by atoms with van der Waals surface area (Å²) < 4.78 is 6.90. The molecule has 4 rings (SSSR count). The van der Waals surface area contributed by atoms with Crippen LogP contribution < -0.4 is 5.32 Å². The number of benzene rings is 2. The number of nitro benzene ring substituents is 1. The zero-order valence-electron chi connectivity index (χ0n) is 17.4. The molecular formula is C23H18BrN3O4S. The number of amidine groups is 1. The first-order chi connectivity index (χ1) is 15.2. The van der Waals surface area contributed by atoms with E-state index in [0.29, 0.717) is 27.2 Å². The number of amides is 1. The summed E-state index contributed by atoms with van der Waals surface area (Å²) in [7, 11) is 0. The van der Waals surface area contributed by atoms with Gasteiger partial charge in [0.2, 0.25) is 0 Å². The van der Waals surface area contributed by atoms with Crippen molar-refractivity contribution in [2.45, 2.75) is 20.8 Å². The van der Waals surface area contributed by atoms with E-state index in [1.807, 2.05) is 32.9 Å². The molecule has 9 heteroatoms. The molecule has 1 aliphatic heterocycles. The number of carbonyl (C=O) groups excluding carboxylic acids is 1. The number of carbonyl (C=O) groups is 1. The maximum Gasteiger partial charge on any atom is 0.270 e. The molecule has 162 valence electrons. The van der Waals surface area contributed by atoms with E-state index in [4.69, 9.17) is 4.42 Å². The second-order valence-corrected chi connectivity index (χ2v) is 9.16. The molecule has 0 unspecified atom stereocenters. The number of non-ortho nitro benzene ring substituents is 1. The molecule has 2 heterocycles. The Hall–Kier alpha value is -3.17. The van der Waals surface area contributed by atoms with Crippen LogP contribution in [0.4, 0.5) is 11.4 Å². The second-order valence-electron chi connectivity index (χ2n) is 7.33. The van der Waals surface area contributed by atoms with Crippen LogP contribution in [0.3, 0.4) is 0 Å². The van der Waals surface area contributed by atoms with Crippen molar-refractivity contribution in [3.05, 3.63) is 84.4 Å². The number of furan rings is 1. The molecule has 1 N–H and O–H groups in total. The lowest BCUT2D eigenvalue weighted by Gasteiger charge is -2.04. The maximum absolute atomic E-state index is 12.4. The minimum atomic E-state index is -0.441. The van der Waals surface area contributed by atoms with E-state index in [9.17, 15) is 14.9 Å². The summed E-state index contributed by atoms with van der Waals surface area (Å²) in [4.78, 5) is 28.1. The number of halogens is 1. The van der Waals surface area contributed by atoms with Gasteiger partial charge in [-0.05, 0) is 73.5 Å². The van der Waals surface area contributed by atoms with Gasteiger partial charge in [0.25, 0.3) is 11.6 Å². The van der Waals surface area contributed by atoms with Crippen molar-refractivity contribution in [1.29, 1.82) is 0 Å². The van der Waals surface area contributed by atoms with Gasteiger partial charge in [0.05, 0.1) is 15.5 Å². The van der Waals surface area contributed by atoms with Crippen LogP contribution in [0.1, 0.15) is 22.5 Å². The Balaban J connectivity index is 1.58. The molecule has 1 aliphatic rings. The monoisotopic (exact) mass is 511 g/mol. The van der Waals surface area contributed by atoms with Crippen LogP contribution in [0.25, 0.3) is 17.4 Å². The molecule has 0 saturated carbocycles. The molecule has 0 bridgehead atoms. The Kier molecular flexibility index (Phi) is 6.03. The highest BCUT2D eigenvalue weighted by Crippen LogP contribution is 2.33. The molecule has 1 fully saturated rings. The Morgan fingerprint density at radius 1 is 1.09 bits per heavy atom. The predicted molar refractivity (Wildman–Crippen MR) is 130 cm³/mol. The number of nitrogens with one attached hydrogen (secondary N) is 1. The van der Waals surface area contributed by atoms with Crippen LogP contribution in [-0.2, 0) is 4.79 Å². The van der Waals surface area contributed by atoms with Crippen LogP contribution in [0.2, 0.25) is 0 Å². The Labute approximate surface area is 196 Å². The second kappa shape index (κ2) is 8.76. The minimum Gasteiger partial charge on any atom is -0.457 e. The number of thioether (sulfide) groups is 1. The molecule has 32 heavy (non-hydrogen) atoms. The molecule has 1 aromatic heterocycles. The van der Waals surface area contributed by atoms with Crippen molar-refractivity contribution in [3.63, 3.8) is 0 Å². The van der Waals surface area contributed by atoms with E-state index in [-0.39, 0.29) is 11.6 Å². The first-order valence-corrected chi connectivity index (χ1v) is 11.2. The number of hydrogen-bond acceptors (Lipinski definition) is 6. The summed E-state index contributed by atoms with van der Waals surface area (Å²) in [6.07, 6.45) is 1.64. The van der Waals surface area contributed by atoms with E-state index in [2.05, 4.69) is 26.2 Å². The van der Waals surface area contributed by atoms with E-state index >= 15 is 0 Å². The van der Waals surface area contributed by atoms with Crippen molar-refractivity contribution in [1.82, 2.24) is 5.32 Å². The van der Waals surface area contributed by atoms with Gasteiger partial charge in [-0.25, -0.2) is 4.99 Å². The van der Waals surface area contributed by atoms with Gasteiger partial charge in [-0.1, -0.05) is 22.0 Å². The first-order valence-electron chi connectivity index (χ1n) is 9.63. The molecular weight excluding hydrogens is 494 g/mol. The fraction of sp³-hybridized carbons (Fsp3) is 0.130. The number of aryl methyl sites for hydroxylation is 3. The minimum absolute atomic E-state index is 0.00750. The Morgan fingerprint density at radius 2 is 1.81 bits per heavy atom. The van der Waals surface area contributed by atoms with Crippen molar-refractivity contribution < 1.29 is 14.1 Å². The zero-order valence-corrected chi connectivity index (χ0v) is 19.8. The number of nitrogens with zero attached hydrogens (tertiary/aromatic N) is 2. The molecule has 2 aromatic carbocycles. The molecule has 3 aromatic rings. The SMILES string of the molecule is Cc1ccc([N+](=O)[O-])cc1-c1ccc(/C=C2\SC(=Nc3cc(C)c(Br)c(C)c3)NC2=O)o1. The standard InChI is InChI=1S/C23H18BrN3O4S/c1-12-4-5-16(27(29)30)10-18(12)19-7-6-17(31-19)11-20-22(28)26-23(32-20)25-15-8-13(2)21(24)14(3)9-15/h4-11H,1-3H3,(H,25,26,28)/b20-11-. The average molecular weight is 512 g/mol. The molecule has 1 saturated heterocycles. The molecule has 7 nitrogen and oxygen atoms in total. The highest BCUT2D eigenvalue weighted by atomic mass is 79.9. The third kappa shape index (κ3) is 4.53. The number of nitro groups is 1. The van der Waals surface area contributed by atoms with Crippen LogP contribution in [0.5, 0.6) is 0 Å². The number of aliphatic imine (C=N–C) groups is 1. The molecule has 0 spiro atoms. The number of rotatable bonds is 4. The summed E-state index contributed by atoms with van der Waals surface area (Å²) in [6.45, 7) is 5.84. The lowest BCUT2D eigenvalue weighted by molar-refractivity contribution is -0.384. The summed E-state index contributed by atoms with van der Waals surface area (Å²) in [5.74, 6) is 0.708. The smallest absolute Gasteiger partial charge is 0.270 e. The maximum atomic E-state index is 12.4. The summed E-state index contributed by atoms with van der Waals surface area (Å²) in [5.41, 5.74) is 4.37. The van der Waals surface area contributed by atoms with Crippen molar-refractivity contribution in [3.8, 4) is 11.3 Å². The van der Waals surface area contributed by atoms with Crippen molar-refractivity contribution >= 4 is 56.2 Å². The normalized spacial score (nSPS) is 16.1. The summed E-state index contributed by atoms with van der Waals surface area (Å²) >= 11 is 4.77. The molecule has 0 aliphatic carbocycles. The largest absolute Gasteiger partial charge is 0.457 e. The molecule has 0 radical (unpaired) electrons. The summed E-state index contributed by atoms with van der Waals surface area (Å²) in [6, 6.07) is 12.0. The van der Waals surface area contributed by atoms with Gasteiger partial charge in [-0.15, -0.1) is 0 Å². The van der Waals surface area contributed by atoms with Crippen LogP contribution in [-0.4, -0.2) is 16.0 Å². The lowest BCUT2D eigenvalue weighted by Crippen LogP contribution is -2.19. The highest BCUT2D eigenvalue weighted by molar-refractivity contribution is 9.10. The van der Waals surface area contributed by atoms with Crippen molar-refractivity contribution in [2.75, 3.05) is 0 Å². The third-order valence-electron chi connectivity index (χ3n) is 4.90. The van der Waals surface area contributed by atoms with Gasteiger partial charge in [0, 0.05) is 28.2 Å². The van der Waals surface area contributed by atoms with Gasteiger partial charge in [-0.2, -0.15) is 0 Å². The van der Waals surface area contributed by atoms with Crippen LogP contribution in [0.15, 0.2) is 61.3 Å².